The Kier molecular flexibility index (Phi) is 8.17. The molecule has 2 N–H and O–H groups in total. The fraction of sp³-hybridized carbons (Fsp3) is 0.227. The molecule has 1 aromatic heterocycles. The van der Waals surface area contributed by atoms with Gasteiger partial charge in [0.25, 0.3) is 0 Å². The van der Waals surface area contributed by atoms with Gasteiger partial charge in [-0.05, 0) is 70.5 Å². The lowest BCUT2D eigenvalue weighted by atomic mass is 10.0. The van der Waals surface area contributed by atoms with Crippen molar-refractivity contribution in [3.63, 3.8) is 0 Å². The van der Waals surface area contributed by atoms with Gasteiger partial charge < -0.3 is 10.4 Å². The molecule has 0 bridgehead atoms. The largest absolute Gasteiger partial charge is 0.507 e. The Morgan fingerprint density at radius 2 is 2.10 bits per heavy atom. The van der Waals surface area contributed by atoms with Crippen molar-refractivity contribution in [2.45, 2.75) is 31.5 Å². The number of allylic oxidation sites excluding steroid dienone is 1. The first-order chi connectivity index (χ1) is 14.8. The molecule has 0 aliphatic carbocycles. The number of carbonyl (C=O) groups excluding carboxylic acids is 1. The van der Waals surface area contributed by atoms with Gasteiger partial charge in [-0.3, -0.25) is 9.36 Å². The van der Waals surface area contributed by atoms with E-state index in [1.54, 1.807) is 24.3 Å². The van der Waals surface area contributed by atoms with Crippen molar-refractivity contribution >= 4 is 61.9 Å². The van der Waals surface area contributed by atoms with Gasteiger partial charge in [-0.25, -0.2) is 0 Å². The van der Waals surface area contributed by atoms with Gasteiger partial charge >= 0.3 is 0 Å². The average molecular weight is 613 g/mol. The maximum Gasteiger partial charge on any atom is 0.234 e. The van der Waals surface area contributed by atoms with Crippen molar-refractivity contribution in [2.24, 2.45) is 0 Å². The first-order valence-corrected chi connectivity index (χ1v) is 12.4. The molecule has 0 saturated carbocycles. The van der Waals surface area contributed by atoms with E-state index in [1.807, 2.05) is 16.7 Å². The van der Waals surface area contributed by atoms with Crippen LogP contribution in [0.4, 0.5) is 5.69 Å². The summed E-state index contributed by atoms with van der Waals surface area (Å²) in [6.45, 7) is 8.46. The number of nitrogens with one attached hydrogen (secondary N) is 1. The lowest BCUT2D eigenvalue weighted by Crippen LogP contribution is -2.16. The zero-order chi connectivity index (χ0) is 22.5. The summed E-state index contributed by atoms with van der Waals surface area (Å²) in [5.41, 5.74) is 2.49. The highest BCUT2D eigenvalue weighted by atomic mass is 127. The van der Waals surface area contributed by atoms with E-state index in [-0.39, 0.29) is 17.4 Å². The van der Waals surface area contributed by atoms with Crippen LogP contribution in [-0.4, -0.2) is 31.5 Å². The first-order valence-electron chi connectivity index (χ1n) is 9.55. The number of benzene rings is 2. The Bertz CT molecular complexity index is 1120. The van der Waals surface area contributed by atoms with Crippen molar-refractivity contribution in [2.75, 3.05) is 11.1 Å². The maximum atomic E-state index is 12.6. The van der Waals surface area contributed by atoms with Crippen LogP contribution in [0.5, 0.6) is 5.75 Å². The fourth-order valence-corrected chi connectivity index (χ4v) is 4.64. The number of thioether (sulfide) groups is 1. The molecule has 0 unspecified atom stereocenters. The van der Waals surface area contributed by atoms with E-state index in [9.17, 15) is 9.90 Å². The van der Waals surface area contributed by atoms with Gasteiger partial charge in [0.15, 0.2) is 11.0 Å². The van der Waals surface area contributed by atoms with Crippen LogP contribution < -0.4 is 5.32 Å². The summed E-state index contributed by atoms with van der Waals surface area (Å²) in [7, 11) is 0. The Morgan fingerprint density at radius 3 is 2.81 bits per heavy atom. The zero-order valence-corrected chi connectivity index (χ0v) is 21.7. The number of phenolic OH excluding ortho intramolecular Hbond substituents is 1. The van der Waals surface area contributed by atoms with Crippen LogP contribution in [0.1, 0.15) is 25.3 Å². The summed E-state index contributed by atoms with van der Waals surface area (Å²) >= 11 is 6.98. The van der Waals surface area contributed by atoms with Crippen molar-refractivity contribution in [3.8, 4) is 17.1 Å². The minimum absolute atomic E-state index is 0.107. The number of aromatic hydroxyl groups is 1. The van der Waals surface area contributed by atoms with Crippen LogP contribution in [-0.2, 0) is 11.3 Å². The van der Waals surface area contributed by atoms with Gasteiger partial charge in [0.05, 0.1) is 11.3 Å². The van der Waals surface area contributed by atoms with E-state index in [0.29, 0.717) is 29.0 Å². The van der Waals surface area contributed by atoms with Gasteiger partial charge in [-0.15, -0.1) is 16.8 Å². The SMILES string of the molecule is C=CCn1c(SCC(=O)Nc2ccc(I)cc2C(C)C)nnc1-c1cc(Br)ccc1O. The van der Waals surface area contributed by atoms with Crippen LogP contribution in [0, 0.1) is 3.57 Å². The summed E-state index contributed by atoms with van der Waals surface area (Å²) in [5.74, 6) is 0.988. The standard InChI is InChI=1S/C22H22BrIN4O2S/c1-4-9-28-21(17-10-14(23)5-8-19(17)29)26-27-22(28)31-12-20(30)25-18-7-6-15(24)11-16(18)13(2)3/h4-8,10-11,13,29H,1,9,12H2,2-3H3,(H,25,30). The van der Waals surface area contributed by atoms with E-state index >= 15 is 0 Å². The second-order valence-corrected chi connectivity index (χ2v) is 10.2. The molecule has 3 rings (SSSR count). The highest BCUT2D eigenvalue weighted by Gasteiger charge is 2.18. The summed E-state index contributed by atoms with van der Waals surface area (Å²) < 4.78 is 3.78. The molecule has 31 heavy (non-hydrogen) atoms. The number of phenols is 1. The van der Waals surface area contributed by atoms with E-state index < -0.39 is 0 Å². The third kappa shape index (κ3) is 5.89. The lowest BCUT2D eigenvalue weighted by molar-refractivity contribution is -0.113. The smallest absolute Gasteiger partial charge is 0.234 e. The number of rotatable bonds is 8. The fourth-order valence-electron chi connectivity index (χ4n) is 3.02. The third-order valence-corrected chi connectivity index (χ3v) is 6.60. The molecule has 3 aromatic rings. The van der Waals surface area contributed by atoms with E-state index in [1.165, 1.54) is 11.8 Å². The van der Waals surface area contributed by atoms with E-state index in [4.69, 9.17) is 0 Å². The number of hydrogen-bond donors (Lipinski definition) is 2. The van der Waals surface area contributed by atoms with E-state index in [0.717, 1.165) is 19.3 Å². The van der Waals surface area contributed by atoms with E-state index in [2.05, 4.69) is 80.5 Å². The number of aromatic nitrogens is 3. The van der Waals surface area contributed by atoms with Gasteiger partial charge in [-0.1, -0.05) is 47.6 Å². The molecule has 6 nitrogen and oxygen atoms in total. The Morgan fingerprint density at radius 1 is 1.32 bits per heavy atom. The minimum atomic E-state index is -0.117. The zero-order valence-electron chi connectivity index (χ0n) is 17.1. The molecule has 0 aliphatic rings. The topological polar surface area (TPSA) is 80.0 Å². The normalized spacial score (nSPS) is 11.0. The van der Waals surface area contributed by atoms with Crippen LogP contribution in [0.15, 0.2) is 58.7 Å². The van der Waals surface area contributed by atoms with Gasteiger partial charge in [-0.2, -0.15) is 0 Å². The second-order valence-electron chi connectivity index (χ2n) is 7.09. The number of halogens is 2. The highest BCUT2D eigenvalue weighted by molar-refractivity contribution is 14.1. The third-order valence-electron chi connectivity index (χ3n) is 4.47. The second kappa shape index (κ2) is 10.6. The molecule has 2 aromatic carbocycles. The molecule has 0 aliphatic heterocycles. The van der Waals surface area contributed by atoms with Crippen LogP contribution in [0.25, 0.3) is 11.4 Å². The molecule has 162 valence electrons. The minimum Gasteiger partial charge on any atom is -0.507 e. The highest BCUT2D eigenvalue weighted by Crippen LogP contribution is 2.33. The number of anilines is 1. The summed E-state index contributed by atoms with van der Waals surface area (Å²) in [5, 5.41) is 22.3. The first kappa shape index (κ1) is 23.8. The predicted molar refractivity (Wildman–Crippen MR) is 138 cm³/mol. The molecule has 0 radical (unpaired) electrons. The summed E-state index contributed by atoms with van der Waals surface area (Å²) in [6, 6.07) is 11.1. The molecular formula is C22H22BrIN4O2S. The molecule has 1 heterocycles. The molecule has 0 atom stereocenters. The summed E-state index contributed by atoms with van der Waals surface area (Å²) in [4.78, 5) is 12.6. The molecular weight excluding hydrogens is 591 g/mol. The summed E-state index contributed by atoms with van der Waals surface area (Å²) in [6.07, 6.45) is 1.73. The predicted octanol–water partition coefficient (Wildman–Crippen LogP) is 6.06. The molecule has 9 heteroatoms. The number of hydrogen-bond acceptors (Lipinski definition) is 5. The van der Waals surface area contributed by atoms with Crippen molar-refractivity contribution in [1.82, 2.24) is 14.8 Å². The Labute approximate surface area is 207 Å². The Balaban J connectivity index is 1.78. The van der Waals surface area contributed by atoms with Gasteiger partial charge in [0.2, 0.25) is 5.91 Å². The maximum absolute atomic E-state index is 12.6. The van der Waals surface area contributed by atoms with Gasteiger partial charge in [0.1, 0.15) is 5.75 Å². The monoisotopic (exact) mass is 612 g/mol. The van der Waals surface area contributed by atoms with Crippen LogP contribution >= 0.6 is 50.3 Å². The van der Waals surface area contributed by atoms with Gasteiger partial charge in [0, 0.05) is 20.3 Å². The molecule has 0 fully saturated rings. The van der Waals surface area contributed by atoms with Crippen LogP contribution in [0.3, 0.4) is 0 Å². The van der Waals surface area contributed by atoms with Crippen molar-refractivity contribution in [3.05, 3.63) is 62.7 Å². The van der Waals surface area contributed by atoms with Crippen molar-refractivity contribution in [1.29, 1.82) is 0 Å². The average Bonchev–Trinajstić information content (AvgIpc) is 3.12. The molecule has 0 spiro atoms. The molecule has 1 amide bonds. The Hall–Kier alpha value is -1.85. The molecule has 0 saturated heterocycles. The van der Waals surface area contributed by atoms with Crippen LogP contribution in [0.2, 0.25) is 0 Å². The number of nitrogens with zero attached hydrogens (tertiary/aromatic N) is 3. The van der Waals surface area contributed by atoms with Crippen molar-refractivity contribution < 1.29 is 9.90 Å². The number of amides is 1. The lowest BCUT2D eigenvalue weighted by Gasteiger charge is -2.14. The quantitative estimate of drug-likeness (QED) is 0.184. The number of carbonyl (C=O) groups is 1.